The lowest BCUT2D eigenvalue weighted by Gasteiger charge is -2.54. The summed E-state index contributed by atoms with van der Waals surface area (Å²) in [6.45, 7) is 21.8. The van der Waals surface area contributed by atoms with Gasteiger partial charge in [0.15, 0.2) is 0 Å². The molecular weight excluding hydrogens is 436 g/mol. The first-order chi connectivity index (χ1) is 16.7. The molecule has 0 bridgehead atoms. The number of piperazine rings is 1. The molecule has 1 heterocycles. The van der Waals surface area contributed by atoms with E-state index < -0.39 is 0 Å². The van der Waals surface area contributed by atoms with Crippen molar-refractivity contribution in [1.29, 1.82) is 0 Å². The van der Waals surface area contributed by atoms with Gasteiger partial charge in [0.05, 0.1) is 18.2 Å². The highest BCUT2D eigenvalue weighted by molar-refractivity contribution is 5.82. The lowest BCUT2D eigenvalue weighted by molar-refractivity contribution is -0.146. The Morgan fingerprint density at radius 2 is 1.43 bits per heavy atom. The Morgan fingerprint density at radius 3 is 1.86 bits per heavy atom. The van der Waals surface area contributed by atoms with Crippen LogP contribution in [0, 0.1) is 23.7 Å². The van der Waals surface area contributed by atoms with E-state index in [1.165, 1.54) is 32.1 Å². The van der Waals surface area contributed by atoms with Gasteiger partial charge in [0.1, 0.15) is 0 Å². The number of amides is 2. The maximum absolute atomic E-state index is 13.0. The summed E-state index contributed by atoms with van der Waals surface area (Å²) < 4.78 is 5.57. The molecular formula is C30H58N2O3. The number of ether oxygens (including phenoxy) is 1. The van der Waals surface area contributed by atoms with Gasteiger partial charge in [-0.25, -0.2) is 4.79 Å². The van der Waals surface area contributed by atoms with Gasteiger partial charge in [0.25, 0.3) is 0 Å². The van der Waals surface area contributed by atoms with Crippen LogP contribution in [0.3, 0.4) is 0 Å². The molecule has 3 unspecified atom stereocenters. The predicted molar refractivity (Wildman–Crippen MR) is 147 cm³/mol. The van der Waals surface area contributed by atoms with Crippen molar-refractivity contribution in [3.05, 3.63) is 0 Å². The van der Waals surface area contributed by atoms with Crippen molar-refractivity contribution in [3.63, 3.8) is 0 Å². The molecule has 3 rings (SSSR count). The van der Waals surface area contributed by atoms with Gasteiger partial charge in [-0.3, -0.25) is 4.79 Å². The van der Waals surface area contributed by atoms with Crippen LogP contribution in [0.1, 0.15) is 127 Å². The molecule has 0 radical (unpaired) electrons. The van der Waals surface area contributed by atoms with E-state index in [1.54, 1.807) is 0 Å². The van der Waals surface area contributed by atoms with Crippen LogP contribution in [0.2, 0.25) is 0 Å². The van der Waals surface area contributed by atoms with Gasteiger partial charge in [-0.15, -0.1) is 0 Å². The number of hydrogen-bond donors (Lipinski definition) is 0. The zero-order valence-corrected chi connectivity index (χ0v) is 24.8. The van der Waals surface area contributed by atoms with E-state index in [-0.39, 0.29) is 36.2 Å². The van der Waals surface area contributed by atoms with E-state index in [4.69, 9.17) is 4.74 Å². The summed E-state index contributed by atoms with van der Waals surface area (Å²) in [4.78, 5) is 30.0. The maximum Gasteiger partial charge on any atom is 0.410 e. The molecule has 1 aliphatic heterocycles. The minimum absolute atomic E-state index is 0.0729. The molecule has 1 saturated heterocycles. The van der Waals surface area contributed by atoms with E-state index in [0.29, 0.717) is 24.3 Å². The summed E-state index contributed by atoms with van der Waals surface area (Å²) in [6.07, 6.45) is 9.99. The van der Waals surface area contributed by atoms with Crippen LogP contribution in [0.5, 0.6) is 0 Å². The average molecular weight is 495 g/mol. The highest BCUT2D eigenvalue weighted by Crippen LogP contribution is 2.42. The Kier molecular flexibility index (Phi) is 14.3. The second kappa shape index (κ2) is 15.8. The second-order valence-electron chi connectivity index (χ2n) is 11.2. The quantitative estimate of drug-likeness (QED) is 0.361. The zero-order chi connectivity index (χ0) is 26.7. The van der Waals surface area contributed by atoms with Crippen molar-refractivity contribution in [2.45, 2.75) is 151 Å². The van der Waals surface area contributed by atoms with Crippen molar-refractivity contribution in [1.82, 2.24) is 9.80 Å². The van der Waals surface area contributed by atoms with Crippen LogP contribution in [0.15, 0.2) is 0 Å². The molecule has 2 amide bonds. The molecule has 0 N–H and O–H groups in total. The Hall–Kier alpha value is -1.26. The second-order valence-corrected chi connectivity index (χ2v) is 11.2. The van der Waals surface area contributed by atoms with E-state index >= 15 is 0 Å². The van der Waals surface area contributed by atoms with E-state index in [0.717, 1.165) is 31.6 Å². The summed E-state index contributed by atoms with van der Waals surface area (Å²) in [5.41, 5.74) is 0. The molecule has 206 valence electrons. The lowest BCUT2D eigenvalue weighted by Crippen LogP contribution is -2.67. The van der Waals surface area contributed by atoms with Gasteiger partial charge in [-0.05, 0) is 70.6 Å². The summed E-state index contributed by atoms with van der Waals surface area (Å²) in [5.74, 6) is 2.85. The minimum Gasteiger partial charge on any atom is -0.447 e. The van der Waals surface area contributed by atoms with Gasteiger partial charge >= 0.3 is 6.09 Å². The lowest BCUT2D eigenvalue weighted by atomic mass is 9.72. The SMILES string of the molecule is CC.CCC(C)CC.CCC(CC)C1CCC2C(C1)N(C(=O)OC(C)C)C[C@H](C)N2C(=O)C1CC1. The Morgan fingerprint density at radius 1 is 0.857 bits per heavy atom. The molecule has 35 heavy (non-hydrogen) atoms. The molecule has 0 aromatic rings. The van der Waals surface area contributed by atoms with Crippen LogP contribution in [-0.2, 0) is 9.53 Å². The Balaban J connectivity index is 0.000000670. The van der Waals surface area contributed by atoms with Crippen LogP contribution >= 0.6 is 0 Å². The first-order valence-electron chi connectivity index (χ1n) is 15.0. The topological polar surface area (TPSA) is 49.9 Å². The first-order valence-corrected chi connectivity index (χ1v) is 15.0. The fourth-order valence-electron chi connectivity index (χ4n) is 5.73. The van der Waals surface area contributed by atoms with Gasteiger partial charge in [0.2, 0.25) is 5.91 Å². The third-order valence-corrected chi connectivity index (χ3v) is 8.38. The zero-order valence-electron chi connectivity index (χ0n) is 24.8. The van der Waals surface area contributed by atoms with Crippen molar-refractivity contribution in [2.75, 3.05) is 6.54 Å². The highest BCUT2D eigenvalue weighted by Gasteiger charge is 2.50. The van der Waals surface area contributed by atoms with Crippen LogP contribution in [-0.4, -0.2) is 52.6 Å². The number of rotatable bonds is 7. The molecule has 0 spiro atoms. The molecule has 0 aromatic carbocycles. The van der Waals surface area contributed by atoms with Gasteiger partial charge in [-0.2, -0.15) is 0 Å². The molecule has 5 heteroatoms. The van der Waals surface area contributed by atoms with Gasteiger partial charge in [-0.1, -0.05) is 74.1 Å². The van der Waals surface area contributed by atoms with E-state index in [9.17, 15) is 9.59 Å². The average Bonchev–Trinajstić information content (AvgIpc) is 3.70. The highest BCUT2D eigenvalue weighted by atomic mass is 16.6. The number of carbonyl (C=O) groups excluding carboxylic acids is 2. The third-order valence-electron chi connectivity index (χ3n) is 8.38. The Bertz CT molecular complexity index is 611. The fourth-order valence-corrected chi connectivity index (χ4v) is 5.73. The summed E-state index contributed by atoms with van der Waals surface area (Å²) in [7, 11) is 0. The van der Waals surface area contributed by atoms with Crippen LogP contribution in [0.25, 0.3) is 0 Å². The number of carbonyl (C=O) groups is 2. The van der Waals surface area contributed by atoms with Crippen LogP contribution in [0.4, 0.5) is 4.79 Å². The van der Waals surface area contributed by atoms with Crippen LogP contribution < -0.4 is 0 Å². The molecule has 3 aliphatic rings. The molecule has 3 fully saturated rings. The van der Waals surface area contributed by atoms with Gasteiger partial charge < -0.3 is 14.5 Å². The molecule has 5 nitrogen and oxygen atoms in total. The number of fused-ring (bicyclic) bond motifs is 1. The normalized spacial score (nSPS) is 26.0. The monoisotopic (exact) mass is 494 g/mol. The van der Waals surface area contributed by atoms with Crippen molar-refractivity contribution < 1.29 is 14.3 Å². The summed E-state index contributed by atoms with van der Waals surface area (Å²) in [5, 5.41) is 0. The molecule has 0 aromatic heterocycles. The van der Waals surface area contributed by atoms with E-state index in [1.807, 2.05) is 32.6 Å². The van der Waals surface area contributed by atoms with Crippen molar-refractivity contribution in [2.24, 2.45) is 23.7 Å². The largest absolute Gasteiger partial charge is 0.447 e. The standard InChI is InChI=1S/C22H38N2O3.C6H14.C2H6/c1-6-16(7-2)18-10-11-19-20(12-18)23(22(26)27-14(3)4)13-15(5)24(19)21(25)17-8-9-17;1-4-6(3)5-2;1-2/h14-20H,6-13H2,1-5H3;6H,4-5H2,1-3H3;1-2H3/t15-,18?,19?,20?;;/m0../s1. The van der Waals surface area contributed by atoms with Crippen molar-refractivity contribution in [3.8, 4) is 0 Å². The molecule has 2 saturated carbocycles. The maximum atomic E-state index is 13.0. The smallest absolute Gasteiger partial charge is 0.410 e. The third kappa shape index (κ3) is 8.97. The molecule has 4 atom stereocenters. The predicted octanol–water partition coefficient (Wildman–Crippen LogP) is 7.92. The number of hydrogen-bond acceptors (Lipinski definition) is 3. The first kappa shape index (κ1) is 31.8. The minimum atomic E-state index is -0.199. The van der Waals surface area contributed by atoms with Gasteiger partial charge in [0, 0.05) is 18.5 Å². The Labute approximate surface area is 217 Å². The molecule has 2 aliphatic carbocycles. The summed E-state index contributed by atoms with van der Waals surface area (Å²) in [6, 6.07) is 0.338. The number of nitrogens with zero attached hydrogens (tertiary/aromatic N) is 2. The van der Waals surface area contributed by atoms with Crippen molar-refractivity contribution >= 4 is 12.0 Å². The summed E-state index contributed by atoms with van der Waals surface area (Å²) >= 11 is 0. The fraction of sp³-hybridized carbons (Fsp3) is 0.933. The van der Waals surface area contributed by atoms with E-state index in [2.05, 4.69) is 46.4 Å².